The number of pyridine rings is 1. The van der Waals surface area contributed by atoms with E-state index in [0.29, 0.717) is 21.6 Å². The van der Waals surface area contributed by atoms with Crippen LogP contribution in [0.15, 0.2) is 71.2 Å². The van der Waals surface area contributed by atoms with Gasteiger partial charge in [0.15, 0.2) is 5.69 Å². The van der Waals surface area contributed by atoms with E-state index in [1.54, 1.807) is 24.3 Å². The smallest absolute Gasteiger partial charge is 0.354 e. The lowest BCUT2D eigenvalue weighted by Crippen LogP contribution is -2.07. The molecule has 2 aromatic carbocycles. The second-order valence-electron chi connectivity index (χ2n) is 7.05. The Kier molecular flexibility index (Phi) is 6.55. The van der Waals surface area contributed by atoms with E-state index in [2.05, 4.69) is 20.9 Å². The Hall–Kier alpha value is -2.80. The molecule has 0 spiro atoms. The molecule has 0 unspecified atom stereocenters. The molecule has 5 nitrogen and oxygen atoms in total. The summed E-state index contributed by atoms with van der Waals surface area (Å²) >= 11 is 15.8. The van der Waals surface area contributed by atoms with Gasteiger partial charge in [0.2, 0.25) is 0 Å². The zero-order valence-electron chi connectivity index (χ0n) is 16.8. The zero-order chi connectivity index (χ0) is 22.8. The summed E-state index contributed by atoms with van der Waals surface area (Å²) in [5.74, 6) is 0.0755. The monoisotopic (exact) mass is 530 g/mol. The van der Waals surface area contributed by atoms with Crippen LogP contribution < -0.4 is 4.74 Å². The molecular weight excluding hydrogens is 515 g/mol. The third kappa shape index (κ3) is 4.67. The molecule has 0 bridgehead atoms. The number of aromatic carboxylic acids is 1. The Morgan fingerprint density at radius 3 is 2.66 bits per heavy atom. The Bertz CT molecular complexity index is 1320. The maximum absolute atomic E-state index is 11.4. The molecule has 0 fully saturated rings. The summed E-state index contributed by atoms with van der Waals surface area (Å²) in [6.07, 6.45) is 0. The summed E-state index contributed by atoms with van der Waals surface area (Å²) in [5, 5.41) is 10.4. The van der Waals surface area contributed by atoms with Crippen molar-refractivity contribution in [1.82, 2.24) is 9.55 Å². The highest BCUT2D eigenvalue weighted by Gasteiger charge is 2.17. The van der Waals surface area contributed by atoms with Crippen LogP contribution in [0.25, 0.3) is 17.1 Å². The summed E-state index contributed by atoms with van der Waals surface area (Å²) in [6, 6.07) is 19.8. The summed E-state index contributed by atoms with van der Waals surface area (Å²) in [7, 11) is 0. The van der Waals surface area contributed by atoms with Gasteiger partial charge in [0.05, 0.1) is 5.69 Å². The van der Waals surface area contributed by atoms with Gasteiger partial charge in [-0.25, -0.2) is 9.78 Å². The number of ether oxygens (including phenoxy) is 1. The lowest BCUT2D eigenvalue weighted by atomic mass is 10.1. The molecule has 0 aliphatic heterocycles. The number of hydrogen-bond donors (Lipinski definition) is 1. The molecule has 1 N–H and O–H groups in total. The molecule has 2 aromatic heterocycles. The molecule has 162 valence electrons. The van der Waals surface area contributed by atoms with Crippen molar-refractivity contribution in [3.63, 3.8) is 0 Å². The van der Waals surface area contributed by atoms with Crippen molar-refractivity contribution < 1.29 is 14.6 Å². The SMILES string of the molecule is Cc1ccc(-c2cc(Br)ccc2OCc2ccc(Cl)cc2Cl)n1-c1cccc(C(=O)O)n1. The van der Waals surface area contributed by atoms with Crippen LogP contribution in [0.4, 0.5) is 0 Å². The van der Waals surface area contributed by atoms with E-state index in [-0.39, 0.29) is 12.3 Å². The van der Waals surface area contributed by atoms with Crippen LogP contribution in [0.2, 0.25) is 10.0 Å². The Labute approximate surface area is 203 Å². The predicted octanol–water partition coefficient (Wildman–Crippen LogP) is 7.19. The van der Waals surface area contributed by atoms with Crippen molar-refractivity contribution in [2.24, 2.45) is 0 Å². The molecule has 0 aliphatic carbocycles. The Balaban J connectivity index is 1.76. The summed E-state index contributed by atoms with van der Waals surface area (Å²) in [6.45, 7) is 2.20. The van der Waals surface area contributed by atoms with Gasteiger partial charge in [-0.05, 0) is 61.5 Å². The minimum absolute atomic E-state index is 0.0235. The minimum Gasteiger partial charge on any atom is -0.488 e. The van der Waals surface area contributed by atoms with Crippen LogP contribution in [0, 0.1) is 6.92 Å². The van der Waals surface area contributed by atoms with Gasteiger partial charge in [-0.1, -0.05) is 51.3 Å². The fourth-order valence-electron chi connectivity index (χ4n) is 3.34. The number of halogens is 3. The highest BCUT2D eigenvalue weighted by Crippen LogP contribution is 2.36. The molecule has 32 heavy (non-hydrogen) atoms. The maximum atomic E-state index is 11.4. The van der Waals surface area contributed by atoms with Gasteiger partial charge >= 0.3 is 5.97 Å². The first-order valence-corrected chi connectivity index (χ1v) is 11.1. The van der Waals surface area contributed by atoms with Crippen molar-refractivity contribution in [1.29, 1.82) is 0 Å². The highest BCUT2D eigenvalue weighted by atomic mass is 79.9. The lowest BCUT2D eigenvalue weighted by molar-refractivity contribution is 0.0690. The van der Waals surface area contributed by atoms with Gasteiger partial charge in [0.25, 0.3) is 0 Å². The molecule has 4 rings (SSSR count). The van der Waals surface area contributed by atoms with Gasteiger partial charge in [-0.3, -0.25) is 4.57 Å². The normalized spacial score (nSPS) is 10.9. The van der Waals surface area contributed by atoms with Crippen molar-refractivity contribution in [2.45, 2.75) is 13.5 Å². The van der Waals surface area contributed by atoms with Crippen molar-refractivity contribution >= 4 is 45.1 Å². The topological polar surface area (TPSA) is 64.3 Å². The number of aromatic nitrogens is 2. The summed E-state index contributed by atoms with van der Waals surface area (Å²) in [4.78, 5) is 15.7. The van der Waals surface area contributed by atoms with E-state index in [0.717, 1.165) is 27.0 Å². The summed E-state index contributed by atoms with van der Waals surface area (Å²) in [5.41, 5.74) is 3.33. The number of hydrogen-bond acceptors (Lipinski definition) is 3. The third-order valence-electron chi connectivity index (χ3n) is 4.87. The molecule has 0 saturated heterocycles. The molecule has 0 aliphatic rings. The van der Waals surface area contributed by atoms with Crippen LogP contribution in [0.5, 0.6) is 5.75 Å². The highest BCUT2D eigenvalue weighted by molar-refractivity contribution is 9.10. The number of aryl methyl sites for hydroxylation is 1. The molecule has 8 heteroatoms. The van der Waals surface area contributed by atoms with Gasteiger partial charge in [0, 0.05) is 31.3 Å². The first kappa shape index (κ1) is 22.4. The largest absolute Gasteiger partial charge is 0.488 e. The number of nitrogens with zero attached hydrogens (tertiary/aromatic N) is 2. The van der Waals surface area contributed by atoms with Gasteiger partial charge in [0.1, 0.15) is 18.2 Å². The molecule has 0 atom stereocenters. The Morgan fingerprint density at radius 2 is 1.91 bits per heavy atom. The van der Waals surface area contributed by atoms with Crippen LogP contribution in [-0.2, 0) is 6.61 Å². The lowest BCUT2D eigenvalue weighted by Gasteiger charge is -2.16. The molecule has 4 aromatic rings. The zero-order valence-corrected chi connectivity index (χ0v) is 19.9. The number of carboxylic acids is 1. The second kappa shape index (κ2) is 9.36. The predicted molar refractivity (Wildman–Crippen MR) is 129 cm³/mol. The molecule has 0 amide bonds. The van der Waals surface area contributed by atoms with E-state index in [9.17, 15) is 9.90 Å². The van der Waals surface area contributed by atoms with Gasteiger partial charge in [-0.15, -0.1) is 0 Å². The van der Waals surface area contributed by atoms with E-state index in [1.807, 2.05) is 47.9 Å². The van der Waals surface area contributed by atoms with E-state index < -0.39 is 5.97 Å². The van der Waals surface area contributed by atoms with E-state index in [1.165, 1.54) is 6.07 Å². The maximum Gasteiger partial charge on any atom is 0.354 e. The fourth-order valence-corrected chi connectivity index (χ4v) is 4.17. The molecule has 2 heterocycles. The standard InChI is InChI=1S/C24H17BrCl2N2O3/c1-14-5-9-21(29(14)23-4-2-3-20(28-23)24(30)31)18-11-16(25)7-10-22(18)32-13-15-6-8-17(26)12-19(15)27/h2-12H,13H2,1H3,(H,30,31). The van der Waals surface area contributed by atoms with E-state index >= 15 is 0 Å². The quantitative estimate of drug-likeness (QED) is 0.286. The van der Waals surface area contributed by atoms with Crippen LogP contribution in [0.1, 0.15) is 21.7 Å². The average Bonchev–Trinajstić information content (AvgIpc) is 3.15. The average molecular weight is 532 g/mol. The number of carboxylic acid groups (broad SMARTS) is 1. The van der Waals surface area contributed by atoms with Crippen LogP contribution in [0.3, 0.4) is 0 Å². The number of carbonyl (C=O) groups is 1. The molecule has 0 radical (unpaired) electrons. The number of benzene rings is 2. The van der Waals surface area contributed by atoms with Crippen LogP contribution >= 0.6 is 39.1 Å². The summed E-state index contributed by atoms with van der Waals surface area (Å²) < 4.78 is 8.92. The second-order valence-corrected chi connectivity index (χ2v) is 8.81. The van der Waals surface area contributed by atoms with Crippen molar-refractivity contribution in [3.8, 4) is 22.8 Å². The van der Waals surface area contributed by atoms with Gasteiger partial charge in [-0.2, -0.15) is 0 Å². The molecular formula is C24H17BrCl2N2O3. The minimum atomic E-state index is -1.08. The Morgan fingerprint density at radius 1 is 1.09 bits per heavy atom. The number of rotatable bonds is 6. The third-order valence-corrected chi connectivity index (χ3v) is 5.95. The van der Waals surface area contributed by atoms with E-state index in [4.69, 9.17) is 27.9 Å². The molecule has 0 saturated carbocycles. The van der Waals surface area contributed by atoms with Gasteiger partial charge < -0.3 is 9.84 Å². The fraction of sp³-hybridized carbons (Fsp3) is 0.0833. The first-order valence-electron chi connectivity index (χ1n) is 9.59. The van der Waals surface area contributed by atoms with Crippen molar-refractivity contribution in [2.75, 3.05) is 0 Å². The van der Waals surface area contributed by atoms with Crippen LogP contribution in [-0.4, -0.2) is 20.6 Å². The first-order chi connectivity index (χ1) is 15.3. The van der Waals surface area contributed by atoms with Crippen molar-refractivity contribution in [3.05, 3.63) is 98.2 Å².